The molecule has 21 nitrogen and oxygen atoms in total. The van der Waals surface area contributed by atoms with Crippen molar-refractivity contribution in [3.8, 4) is 0 Å². The van der Waals surface area contributed by atoms with Crippen LogP contribution < -0.4 is 21.9 Å². The van der Waals surface area contributed by atoms with Crippen LogP contribution in [0.25, 0.3) is 0 Å². The van der Waals surface area contributed by atoms with Gasteiger partial charge in [0, 0.05) is 42.1 Å². The van der Waals surface area contributed by atoms with Crippen molar-refractivity contribution in [1.82, 2.24) is 18.9 Å². The van der Waals surface area contributed by atoms with E-state index in [0.29, 0.717) is 36.3 Å². The van der Waals surface area contributed by atoms with Gasteiger partial charge >= 0.3 is 11.9 Å². The zero-order chi connectivity index (χ0) is 37.7. The highest BCUT2D eigenvalue weighted by atomic mass is 32.3. The molecule has 2 aliphatic heterocycles. The van der Waals surface area contributed by atoms with E-state index in [1.807, 2.05) is 0 Å². The minimum atomic E-state index is -4.92. The van der Waals surface area contributed by atoms with Gasteiger partial charge in [-0.2, -0.15) is 9.36 Å². The lowest BCUT2D eigenvalue weighted by Gasteiger charge is -2.49. The number of amides is 1. The Kier molecular flexibility index (Phi) is 12.8. The first-order valence-corrected chi connectivity index (χ1v) is 17.6. The first-order valence-electron chi connectivity index (χ1n) is 14.4. The number of hydrogen-bond acceptors (Lipinski definition) is 17. The van der Waals surface area contributed by atoms with E-state index in [4.69, 9.17) is 39.6 Å². The number of fused-ring (bicyclic) bond motifs is 1. The standard InChI is InChI=1S/C26H33N9O8S2.H2O4S/c1-26(2,24(41)42)43-31-17(20-30-25(29)45-32-20)16(37)8-15-21(38)35-18(23(39)40)13(11-44-22(15)35)10-34-9-12(19(28)33(34)3)7-14(36)5-4-6-27;1-5(2,3)4/h9,15,22,28H,4-8,10-11,27H2,1-3H3,(H4,29,30,32,39,40,41,42);(H2,1,2,3,4)/b31-17+;/t15-,22-;/m1./s1. The number of hydrogen-bond donors (Lipinski definition) is 6. The van der Waals surface area contributed by atoms with Crippen LogP contribution in [0.1, 0.15) is 44.5 Å². The fraction of sp³-hybridized carbons (Fsp3) is 0.500. The maximum absolute atomic E-state index is 13.4. The number of ketones is 2. The van der Waals surface area contributed by atoms with E-state index in [1.165, 1.54) is 25.6 Å². The summed E-state index contributed by atoms with van der Waals surface area (Å²) in [5.41, 5.74) is 16.0. The number of carboxylic acids is 2. The Labute approximate surface area is 292 Å². The SMILES string of the molecule is Cn1c(N)c(CC(=O)CCCN)c[n+]1CC1=C(C(=O)O)N2C(=O)[C@@H](CC(=O)/C(=N\OC(C)(C)C(=O)O)c3nsc(N)n3)[C@H]2SC1.O=S(=O)([O-])O. The van der Waals surface area contributed by atoms with Crippen LogP contribution >= 0.6 is 23.3 Å². The number of oxime groups is 1. The molecule has 50 heavy (non-hydrogen) atoms. The average Bonchev–Trinajstić information content (AvgIpc) is 3.55. The Hall–Kier alpha value is -4.49. The molecule has 0 aromatic carbocycles. The summed E-state index contributed by atoms with van der Waals surface area (Å²) in [7, 11) is -3.23. The van der Waals surface area contributed by atoms with Gasteiger partial charge in [-0.1, -0.05) is 5.16 Å². The van der Waals surface area contributed by atoms with E-state index in [9.17, 15) is 34.2 Å². The number of aromatic nitrogens is 4. The molecule has 274 valence electrons. The lowest BCUT2D eigenvalue weighted by atomic mass is 9.89. The Morgan fingerprint density at radius 3 is 2.42 bits per heavy atom. The number of rotatable bonds is 15. The number of thioether (sulfide) groups is 1. The molecule has 2 aromatic heterocycles. The van der Waals surface area contributed by atoms with Crippen molar-refractivity contribution in [3.63, 3.8) is 0 Å². The smallest absolute Gasteiger partial charge is 0.352 e. The molecule has 2 atom stereocenters. The van der Waals surface area contributed by atoms with Gasteiger partial charge in [-0.25, -0.2) is 18.0 Å². The first-order chi connectivity index (χ1) is 23.2. The molecule has 2 aliphatic rings. The summed E-state index contributed by atoms with van der Waals surface area (Å²) in [5.74, 6) is -4.41. The van der Waals surface area contributed by atoms with E-state index in [1.54, 1.807) is 22.6 Å². The van der Waals surface area contributed by atoms with Gasteiger partial charge < -0.3 is 36.8 Å². The Morgan fingerprint density at radius 2 is 1.88 bits per heavy atom. The number of Topliss-reactive ketones (excluding diaryl/α,β-unsaturated/α-hetero) is 2. The third kappa shape index (κ3) is 9.81. The highest BCUT2D eigenvalue weighted by molar-refractivity contribution is 8.00. The molecule has 0 spiro atoms. The van der Waals surface area contributed by atoms with Crippen molar-refractivity contribution in [3.05, 3.63) is 28.9 Å². The number of nitrogen functional groups attached to an aromatic ring is 2. The third-order valence-corrected chi connectivity index (χ3v) is 9.27. The maximum Gasteiger partial charge on any atom is 0.352 e. The lowest BCUT2D eigenvalue weighted by molar-refractivity contribution is -0.765. The summed E-state index contributed by atoms with van der Waals surface area (Å²) in [6, 6.07) is 0. The molecule has 1 fully saturated rings. The number of nitrogens with two attached hydrogens (primary N) is 3. The quantitative estimate of drug-likeness (QED) is 0.0294. The second-order valence-corrected chi connectivity index (χ2v) is 14.1. The van der Waals surface area contributed by atoms with Crippen molar-refractivity contribution in [2.24, 2.45) is 23.9 Å². The normalized spacial score (nSPS) is 17.8. The van der Waals surface area contributed by atoms with Crippen LogP contribution in [0.15, 0.2) is 22.6 Å². The topological polar surface area (TPSA) is 341 Å². The van der Waals surface area contributed by atoms with Gasteiger partial charge in [0.25, 0.3) is 0 Å². The van der Waals surface area contributed by atoms with Crippen molar-refractivity contribution < 1.29 is 61.2 Å². The minimum Gasteiger partial charge on any atom is -0.726 e. The molecule has 4 rings (SSSR count). The zero-order valence-electron chi connectivity index (χ0n) is 26.8. The van der Waals surface area contributed by atoms with Crippen LogP contribution in [-0.2, 0) is 59.2 Å². The molecule has 9 N–H and O–H groups in total. The van der Waals surface area contributed by atoms with Gasteiger partial charge in [0.15, 0.2) is 29.0 Å². The fourth-order valence-electron chi connectivity index (χ4n) is 4.74. The predicted molar refractivity (Wildman–Crippen MR) is 174 cm³/mol. The molecule has 1 amide bonds. The molecule has 24 heteroatoms. The van der Waals surface area contributed by atoms with Gasteiger partial charge in [-0.15, -0.1) is 21.1 Å². The van der Waals surface area contributed by atoms with Gasteiger partial charge in [0.2, 0.25) is 33.9 Å². The van der Waals surface area contributed by atoms with E-state index in [2.05, 4.69) is 14.5 Å². The molecule has 0 bridgehead atoms. The first kappa shape index (κ1) is 39.9. The van der Waals surface area contributed by atoms with Crippen LogP contribution in [0.2, 0.25) is 0 Å². The number of nitrogens with zero attached hydrogens (tertiary/aromatic N) is 6. The Bertz CT molecular complexity index is 1840. The summed E-state index contributed by atoms with van der Waals surface area (Å²) in [6.07, 6.45) is 2.31. The summed E-state index contributed by atoms with van der Waals surface area (Å²) in [4.78, 5) is 73.1. The number of carbonyl (C=O) groups is 5. The van der Waals surface area contributed by atoms with Crippen LogP contribution in [0, 0.1) is 5.92 Å². The van der Waals surface area contributed by atoms with E-state index in [-0.39, 0.29) is 47.6 Å². The summed E-state index contributed by atoms with van der Waals surface area (Å²) >= 11 is 2.09. The monoisotopic (exact) mass is 761 g/mol. The second-order valence-electron chi connectivity index (χ2n) is 11.4. The van der Waals surface area contributed by atoms with E-state index in [0.717, 1.165) is 16.4 Å². The third-order valence-electron chi connectivity index (χ3n) is 7.33. The molecule has 2 aromatic rings. The number of carbonyl (C=O) groups excluding carboxylic acids is 3. The summed E-state index contributed by atoms with van der Waals surface area (Å²) in [5, 5.41) is 22.6. The second kappa shape index (κ2) is 16.0. The number of aliphatic carboxylic acids is 2. The van der Waals surface area contributed by atoms with Crippen LogP contribution in [0.4, 0.5) is 10.9 Å². The Balaban J connectivity index is 0.00000126. The van der Waals surface area contributed by atoms with Gasteiger partial charge in [0.05, 0.1) is 23.9 Å². The molecule has 0 unspecified atom stereocenters. The molecule has 4 heterocycles. The van der Waals surface area contributed by atoms with Crippen LogP contribution in [-0.4, -0.2) is 105 Å². The van der Waals surface area contributed by atoms with Gasteiger partial charge in [-0.05, 0) is 26.8 Å². The highest BCUT2D eigenvalue weighted by Crippen LogP contribution is 2.45. The van der Waals surface area contributed by atoms with Crippen molar-refractivity contribution in [2.75, 3.05) is 23.8 Å². The number of carboxylic acid groups (broad SMARTS) is 2. The highest BCUT2D eigenvalue weighted by Gasteiger charge is 2.54. The zero-order valence-corrected chi connectivity index (χ0v) is 29.3. The number of β-lactam (4-membered cyclic amide) rings is 1. The van der Waals surface area contributed by atoms with Crippen molar-refractivity contribution in [1.29, 1.82) is 0 Å². The molecule has 0 radical (unpaired) electrons. The summed E-state index contributed by atoms with van der Waals surface area (Å²) < 4.78 is 40.1. The molecular formula is C26H35N9O12S3. The van der Waals surface area contributed by atoms with Crippen molar-refractivity contribution >= 4 is 79.8 Å². The largest absolute Gasteiger partial charge is 0.726 e. The van der Waals surface area contributed by atoms with Crippen LogP contribution in [0.5, 0.6) is 0 Å². The van der Waals surface area contributed by atoms with E-state index < -0.39 is 56.6 Å². The maximum atomic E-state index is 13.4. The summed E-state index contributed by atoms with van der Waals surface area (Å²) in [6.45, 7) is 2.96. The van der Waals surface area contributed by atoms with E-state index >= 15 is 0 Å². The Morgan fingerprint density at radius 1 is 1.24 bits per heavy atom. The average molecular weight is 762 g/mol. The molecule has 0 saturated carbocycles. The van der Waals surface area contributed by atoms with Crippen LogP contribution in [0.3, 0.4) is 0 Å². The lowest BCUT2D eigenvalue weighted by Crippen LogP contribution is -2.62. The van der Waals surface area contributed by atoms with Crippen molar-refractivity contribution in [2.45, 2.75) is 57.1 Å². The van der Waals surface area contributed by atoms with Gasteiger partial charge in [0.1, 0.15) is 11.5 Å². The number of anilines is 2. The molecular weight excluding hydrogens is 727 g/mol. The fourth-order valence-corrected chi connectivity index (χ4v) is 6.58. The molecule has 1 saturated heterocycles. The predicted octanol–water partition coefficient (Wildman–Crippen LogP) is -1.70. The minimum absolute atomic E-state index is 0.0161. The van der Waals surface area contributed by atoms with Gasteiger partial charge in [-0.3, -0.25) is 23.8 Å². The molecule has 0 aliphatic carbocycles.